The molecule has 17 heavy (non-hydrogen) atoms. The van der Waals surface area contributed by atoms with E-state index in [9.17, 15) is 4.21 Å². The van der Waals surface area contributed by atoms with Crippen LogP contribution in [0.2, 0.25) is 5.02 Å². The number of halogens is 1. The van der Waals surface area contributed by atoms with Gasteiger partial charge in [0.15, 0.2) is 0 Å². The van der Waals surface area contributed by atoms with Gasteiger partial charge < -0.3 is 11.1 Å². The molecule has 0 spiro atoms. The Morgan fingerprint density at radius 1 is 1.65 bits per heavy atom. The van der Waals surface area contributed by atoms with E-state index in [-0.39, 0.29) is 11.0 Å². The van der Waals surface area contributed by atoms with Crippen molar-refractivity contribution in [1.29, 1.82) is 0 Å². The molecule has 0 heterocycles. The number of nitrogens with one attached hydrogen (secondary N) is 1. The van der Waals surface area contributed by atoms with Crippen LogP contribution >= 0.6 is 23.8 Å². The first-order chi connectivity index (χ1) is 7.91. The first-order valence-electron chi connectivity index (χ1n) is 5.06. The molecule has 2 unspecified atom stereocenters. The van der Waals surface area contributed by atoms with Gasteiger partial charge >= 0.3 is 0 Å². The van der Waals surface area contributed by atoms with Crippen molar-refractivity contribution >= 4 is 45.3 Å². The van der Waals surface area contributed by atoms with Crippen LogP contribution in [0.3, 0.4) is 0 Å². The molecule has 0 amide bonds. The Hall–Kier alpha value is -0.650. The van der Waals surface area contributed by atoms with Crippen molar-refractivity contribution in [2.45, 2.75) is 13.0 Å². The predicted molar refractivity (Wildman–Crippen MR) is 79.4 cm³/mol. The van der Waals surface area contributed by atoms with E-state index in [1.165, 1.54) is 0 Å². The summed E-state index contributed by atoms with van der Waals surface area (Å²) in [5.41, 5.74) is 7.06. The van der Waals surface area contributed by atoms with Crippen LogP contribution in [0.1, 0.15) is 12.5 Å². The minimum absolute atomic E-state index is 0.0624. The van der Waals surface area contributed by atoms with E-state index >= 15 is 0 Å². The van der Waals surface area contributed by atoms with Gasteiger partial charge in [-0.1, -0.05) is 29.9 Å². The van der Waals surface area contributed by atoms with E-state index in [2.05, 4.69) is 5.32 Å². The topological polar surface area (TPSA) is 55.1 Å². The van der Waals surface area contributed by atoms with Crippen molar-refractivity contribution in [1.82, 2.24) is 0 Å². The van der Waals surface area contributed by atoms with E-state index in [1.54, 1.807) is 12.3 Å². The summed E-state index contributed by atoms with van der Waals surface area (Å²) in [4.78, 5) is 0.253. The van der Waals surface area contributed by atoms with E-state index in [4.69, 9.17) is 29.6 Å². The Morgan fingerprint density at radius 2 is 2.29 bits per heavy atom. The number of benzene rings is 1. The summed E-state index contributed by atoms with van der Waals surface area (Å²) >= 11 is 11.0. The highest BCUT2D eigenvalue weighted by molar-refractivity contribution is 7.84. The minimum Gasteiger partial charge on any atom is -0.389 e. The zero-order chi connectivity index (χ0) is 13.0. The highest BCUT2D eigenvalue weighted by Gasteiger charge is 2.12. The summed E-state index contributed by atoms with van der Waals surface area (Å²) in [6.07, 6.45) is 1.67. The molecule has 0 fully saturated rings. The van der Waals surface area contributed by atoms with Crippen LogP contribution in [-0.4, -0.2) is 27.2 Å². The molecule has 1 aromatic rings. The van der Waals surface area contributed by atoms with Crippen molar-refractivity contribution in [2.75, 3.05) is 17.3 Å². The fourth-order valence-corrected chi connectivity index (χ4v) is 2.89. The highest BCUT2D eigenvalue weighted by atomic mass is 35.5. The second kappa shape index (κ2) is 6.33. The summed E-state index contributed by atoms with van der Waals surface area (Å²) < 4.78 is 11.1. The first kappa shape index (κ1) is 14.4. The van der Waals surface area contributed by atoms with Gasteiger partial charge in [0, 0.05) is 34.5 Å². The van der Waals surface area contributed by atoms with Crippen LogP contribution in [0.5, 0.6) is 0 Å². The number of hydrogen-bond donors (Lipinski definition) is 2. The Morgan fingerprint density at radius 3 is 2.82 bits per heavy atom. The molecule has 6 heteroatoms. The van der Waals surface area contributed by atoms with Gasteiger partial charge in [-0.2, -0.15) is 0 Å². The normalized spacial score (nSPS) is 14.1. The molecule has 0 radical (unpaired) electrons. The lowest BCUT2D eigenvalue weighted by atomic mass is 10.1. The van der Waals surface area contributed by atoms with Gasteiger partial charge in [-0.15, -0.1) is 0 Å². The molecule has 0 aliphatic carbocycles. The molecule has 0 aliphatic heterocycles. The van der Waals surface area contributed by atoms with E-state index in [0.717, 1.165) is 5.69 Å². The smallest absolute Gasteiger partial charge is 0.107 e. The van der Waals surface area contributed by atoms with Gasteiger partial charge in [0.2, 0.25) is 0 Å². The maximum absolute atomic E-state index is 11.1. The maximum Gasteiger partial charge on any atom is 0.107 e. The third kappa shape index (κ3) is 4.26. The minimum atomic E-state index is -0.852. The molecular formula is C11H15ClN2OS2. The zero-order valence-corrected chi connectivity index (χ0v) is 12.1. The molecule has 1 rings (SSSR count). The molecule has 0 aliphatic rings. The molecular weight excluding hydrogens is 276 g/mol. The van der Waals surface area contributed by atoms with Crippen LogP contribution in [0.4, 0.5) is 5.69 Å². The Balaban J connectivity index is 2.94. The van der Waals surface area contributed by atoms with Gasteiger partial charge in [0.1, 0.15) is 4.99 Å². The molecule has 3 nitrogen and oxygen atoms in total. The fourth-order valence-electron chi connectivity index (χ4n) is 1.55. The van der Waals surface area contributed by atoms with Gasteiger partial charge in [-0.3, -0.25) is 4.21 Å². The van der Waals surface area contributed by atoms with Gasteiger partial charge in [0.25, 0.3) is 0 Å². The summed E-state index contributed by atoms with van der Waals surface area (Å²) in [6.45, 7) is 1.95. The Labute approximate surface area is 114 Å². The molecule has 0 saturated heterocycles. The molecule has 1 aromatic carbocycles. The number of nitrogens with two attached hydrogens (primary N) is 1. The molecule has 94 valence electrons. The maximum atomic E-state index is 11.1. The predicted octanol–water partition coefficient (Wildman–Crippen LogP) is 2.15. The Kier molecular flexibility index (Phi) is 5.36. The van der Waals surface area contributed by atoms with Crippen molar-refractivity contribution in [3.63, 3.8) is 0 Å². The summed E-state index contributed by atoms with van der Waals surface area (Å²) in [5.74, 6) is 0.559. The third-order valence-electron chi connectivity index (χ3n) is 2.15. The number of anilines is 1. The third-order valence-corrected chi connectivity index (χ3v) is 3.64. The lowest BCUT2D eigenvalue weighted by molar-refractivity contribution is 0.683. The van der Waals surface area contributed by atoms with Crippen molar-refractivity contribution < 1.29 is 4.21 Å². The quantitative estimate of drug-likeness (QED) is 0.816. The lowest BCUT2D eigenvalue weighted by Crippen LogP contribution is -2.24. The van der Waals surface area contributed by atoms with Crippen LogP contribution in [0.25, 0.3) is 0 Å². The second-order valence-corrected chi connectivity index (χ2v) is 6.14. The first-order valence-corrected chi connectivity index (χ1v) is 7.58. The van der Waals surface area contributed by atoms with E-state index in [1.807, 2.05) is 19.1 Å². The summed E-state index contributed by atoms with van der Waals surface area (Å²) in [7, 11) is -0.852. The van der Waals surface area contributed by atoms with Crippen LogP contribution in [0, 0.1) is 0 Å². The van der Waals surface area contributed by atoms with Crippen molar-refractivity contribution in [3.05, 3.63) is 28.8 Å². The van der Waals surface area contributed by atoms with Crippen molar-refractivity contribution in [3.8, 4) is 0 Å². The molecule has 2 atom stereocenters. The second-order valence-electron chi connectivity index (χ2n) is 3.81. The van der Waals surface area contributed by atoms with Crippen LogP contribution < -0.4 is 11.1 Å². The largest absolute Gasteiger partial charge is 0.389 e. The van der Waals surface area contributed by atoms with E-state index in [0.29, 0.717) is 16.3 Å². The van der Waals surface area contributed by atoms with Gasteiger partial charge in [-0.25, -0.2) is 0 Å². The highest BCUT2D eigenvalue weighted by Crippen LogP contribution is 2.24. The summed E-state index contributed by atoms with van der Waals surface area (Å²) in [5, 5.41) is 3.74. The molecule has 0 bridgehead atoms. The van der Waals surface area contributed by atoms with Gasteiger partial charge in [-0.05, 0) is 19.1 Å². The molecule has 0 saturated carbocycles. The average Bonchev–Trinajstić information content (AvgIpc) is 2.15. The standard InChI is InChI=1S/C11H15ClN2OS2/c1-7(6-17(2)15)14-9-5-3-4-8(12)10(9)11(13)16/h3-5,7,14H,6H2,1-2H3,(H2,13,16). The van der Waals surface area contributed by atoms with Crippen molar-refractivity contribution in [2.24, 2.45) is 5.73 Å². The zero-order valence-electron chi connectivity index (χ0n) is 9.70. The van der Waals surface area contributed by atoms with E-state index < -0.39 is 10.8 Å². The van der Waals surface area contributed by atoms with Gasteiger partial charge in [0.05, 0.1) is 10.6 Å². The summed E-state index contributed by atoms with van der Waals surface area (Å²) in [6, 6.07) is 5.48. The SMILES string of the molecule is CC(CS(C)=O)Nc1cccc(Cl)c1C(N)=S. The molecule has 0 aromatic heterocycles. The van der Waals surface area contributed by atoms with Crippen LogP contribution in [-0.2, 0) is 10.8 Å². The lowest BCUT2D eigenvalue weighted by Gasteiger charge is -2.17. The fraction of sp³-hybridized carbons (Fsp3) is 0.364. The number of hydrogen-bond acceptors (Lipinski definition) is 3. The average molecular weight is 291 g/mol. The monoisotopic (exact) mass is 290 g/mol. The number of rotatable bonds is 5. The van der Waals surface area contributed by atoms with Crippen LogP contribution in [0.15, 0.2) is 18.2 Å². The molecule has 3 N–H and O–H groups in total. The Bertz CT molecular complexity index is 451. The number of thiocarbonyl (C=S) groups is 1.